The van der Waals surface area contributed by atoms with E-state index in [1.165, 1.54) is 12.1 Å². The predicted octanol–water partition coefficient (Wildman–Crippen LogP) is 3.08. The minimum atomic E-state index is -0.649. The van der Waals surface area contributed by atoms with Crippen molar-refractivity contribution in [3.8, 4) is 0 Å². The number of morpholine rings is 1. The number of fused-ring (bicyclic) bond motifs is 1. The molecule has 4 rings (SSSR count). The highest BCUT2D eigenvalue weighted by atomic mass is 19.1. The molecule has 1 aliphatic heterocycles. The number of hydrogen-bond acceptors (Lipinski definition) is 7. The number of anilines is 2. The van der Waals surface area contributed by atoms with Crippen LogP contribution in [0.2, 0.25) is 0 Å². The normalized spacial score (nSPS) is 13.9. The van der Waals surface area contributed by atoms with Crippen LogP contribution >= 0.6 is 0 Å². The van der Waals surface area contributed by atoms with E-state index in [1.807, 2.05) is 13.8 Å². The molecule has 35 heavy (non-hydrogen) atoms. The Balaban J connectivity index is 1.62. The zero-order valence-corrected chi connectivity index (χ0v) is 19.9. The van der Waals surface area contributed by atoms with Crippen LogP contribution in [0.5, 0.6) is 0 Å². The van der Waals surface area contributed by atoms with Gasteiger partial charge in [0.2, 0.25) is 0 Å². The molecule has 0 radical (unpaired) electrons. The average Bonchev–Trinajstić information content (AvgIpc) is 2.84. The van der Waals surface area contributed by atoms with Crippen LogP contribution in [0.25, 0.3) is 11.0 Å². The minimum Gasteiger partial charge on any atom is -0.379 e. The lowest BCUT2D eigenvalue weighted by molar-refractivity contribution is 0.0953. The number of benzene rings is 2. The number of nitrogens with zero attached hydrogens (tertiary/aromatic N) is 3. The van der Waals surface area contributed by atoms with Crippen molar-refractivity contribution >= 4 is 28.4 Å². The second kappa shape index (κ2) is 11.4. The van der Waals surface area contributed by atoms with Gasteiger partial charge in [-0.1, -0.05) is 13.8 Å². The van der Waals surface area contributed by atoms with Crippen molar-refractivity contribution in [1.82, 2.24) is 20.6 Å². The first-order valence-corrected chi connectivity index (χ1v) is 11.7. The Hall–Kier alpha value is -3.37. The number of ether oxygens (including phenoxy) is 1. The molecule has 2 heterocycles. The molecule has 1 amide bonds. The van der Waals surface area contributed by atoms with Crippen LogP contribution in [0.1, 0.15) is 29.8 Å². The Kier molecular flexibility index (Phi) is 8.04. The molecule has 3 aromatic rings. The first-order chi connectivity index (χ1) is 16.9. The summed E-state index contributed by atoms with van der Waals surface area (Å²) in [4.78, 5) is 24.3. The van der Waals surface area contributed by atoms with E-state index in [4.69, 9.17) is 9.72 Å². The quantitative estimate of drug-likeness (QED) is 0.402. The molecule has 0 bridgehead atoms. The predicted molar refractivity (Wildman–Crippen MR) is 132 cm³/mol. The molecule has 1 fully saturated rings. The van der Waals surface area contributed by atoms with Crippen LogP contribution in [-0.4, -0.2) is 61.3 Å². The Morgan fingerprint density at radius 2 is 1.83 bits per heavy atom. The number of aromatic nitrogens is 2. The molecule has 0 atom stereocenters. The Labute approximate surface area is 203 Å². The van der Waals surface area contributed by atoms with E-state index in [0.29, 0.717) is 79.1 Å². The highest BCUT2D eigenvalue weighted by Crippen LogP contribution is 2.26. The summed E-state index contributed by atoms with van der Waals surface area (Å²) in [7, 11) is 0. The fraction of sp³-hybridized carbons (Fsp3) is 0.400. The fourth-order valence-corrected chi connectivity index (χ4v) is 3.87. The molecular formula is C25H30F2N6O2. The van der Waals surface area contributed by atoms with Gasteiger partial charge in [0.15, 0.2) is 0 Å². The zero-order chi connectivity index (χ0) is 24.8. The van der Waals surface area contributed by atoms with Crippen LogP contribution in [0.15, 0.2) is 36.5 Å². The van der Waals surface area contributed by atoms with E-state index in [-0.39, 0.29) is 12.5 Å². The Morgan fingerprint density at radius 1 is 1.09 bits per heavy atom. The second-order valence-corrected chi connectivity index (χ2v) is 8.72. The third kappa shape index (κ3) is 6.61. The van der Waals surface area contributed by atoms with Gasteiger partial charge in [-0.2, -0.15) is 0 Å². The number of carbonyl (C=O) groups is 1. The smallest absolute Gasteiger partial charge is 0.251 e. The van der Waals surface area contributed by atoms with Gasteiger partial charge in [-0.15, -0.1) is 0 Å². The number of amides is 1. The third-order valence-electron chi connectivity index (χ3n) is 5.60. The molecule has 0 saturated carbocycles. The van der Waals surface area contributed by atoms with Gasteiger partial charge < -0.3 is 25.6 Å². The number of carbonyl (C=O) groups excluding carboxylic acids is 1. The molecule has 2 aromatic carbocycles. The molecule has 3 N–H and O–H groups in total. The van der Waals surface area contributed by atoms with Crippen LogP contribution in [0.3, 0.4) is 0 Å². The van der Waals surface area contributed by atoms with Crippen molar-refractivity contribution in [3.63, 3.8) is 0 Å². The van der Waals surface area contributed by atoms with E-state index in [0.717, 1.165) is 6.07 Å². The largest absolute Gasteiger partial charge is 0.379 e. The highest BCUT2D eigenvalue weighted by Gasteiger charge is 2.17. The summed E-state index contributed by atoms with van der Waals surface area (Å²) in [5.74, 6) is -0.831. The molecule has 1 saturated heterocycles. The van der Waals surface area contributed by atoms with Crippen LogP contribution in [0.4, 0.5) is 20.3 Å². The van der Waals surface area contributed by atoms with E-state index in [1.54, 1.807) is 18.3 Å². The van der Waals surface area contributed by atoms with E-state index in [9.17, 15) is 13.6 Å². The molecule has 0 spiro atoms. The highest BCUT2D eigenvalue weighted by molar-refractivity contribution is 6.01. The van der Waals surface area contributed by atoms with Gasteiger partial charge in [-0.3, -0.25) is 9.78 Å². The maximum atomic E-state index is 13.7. The Bertz CT molecular complexity index is 1160. The molecule has 186 valence electrons. The summed E-state index contributed by atoms with van der Waals surface area (Å²) in [6.07, 6.45) is 1.69. The molecule has 1 aromatic heterocycles. The zero-order valence-electron chi connectivity index (χ0n) is 19.9. The van der Waals surface area contributed by atoms with Crippen molar-refractivity contribution in [2.45, 2.75) is 26.4 Å². The third-order valence-corrected chi connectivity index (χ3v) is 5.60. The summed E-state index contributed by atoms with van der Waals surface area (Å²) in [6.45, 7) is 7.98. The first kappa shape index (κ1) is 24.7. The summed E-state index contributed by atoms with van der Waals surface area (Å²) in [5.41, 5.74) is 2.53. The standard InChI is InChI=1S/C25H30F2N6O2/c1-16(2)28-3-4-29-25(34)18-11-21(30-14-17-9-19(26)13-20(27)10-17)24-22(12-18)31-15-23(32-24)33-5-7-35-8-6-33/h9-13,15-16,28,30H,3-8,14H2,1-2H3,(H,29,34). The fourth-order valence-electron chi connectivity index (χ4n) is 3.87. The number of hydrogen-bond donors (Lipinski definition) is 3. The number of rotatable bonds is 9. The maximum absolute atomic E-state index is 13.7. The first-order valence-electron chi connectivity index (χ1n) is 11.7. The van der Waals surface area contributed by atoms with Crippen molar-refractivity contribution < 1.29 is 18.3 Å². The van der Waals surface area contributed by atoms with E-state index >= 15 is 0 Å². The van der Waals surface area contributed by atoms with Gasteiger partial charge in [0.1, 0.15) is 23.0 Å². The maximum Gasteiger partial charge on any atom is 0.251 e. The van der Waals surface area contributed by atoms with Crippen LogP contribution in [0, 0.1) is 11.6 Å². The molecule has 0 aliphatic carbocycles. The average molecular weight is 485 g/mol. The van der Waals surface area contributed by atoms with Gasteiger partial charge in [-0.05, 0) is 29.8 Å². The molecular weight excluding hydrogens is 454 g/mol. The van der Waals surface area contributed by atoms with Crippen LogP contribution < -0.4 is 20.9 Å². The number of halogens is 2. The lowest BCUT2D eigenvalue weighted by Crippen LogP contribution is -2.36. The molecule has 10 heteroatoms. The van der Waals surface area contributed by atoms with E-state index in [2.05, 4.69) is 25.8 Å². The lowest BCUT2D eigenvalue weighted by atomic mass is 10.1. The molecule has 1 aliphatic rings. The van der Waals surface area contributed by atoms with Gasteiger partial charge in [0, 0.05) is 50.4 Å². The summed E-state index contributed by atoms with van der Waals surface area (Å²) >= 11 is 0. The van der Waals surface area contributed by atoms with Gasteiger partial charge in [-0.25, -0.2) is 13.8 Å². The summed E-state index contributed by atoms with van der Waals surface area (Å²) in [5, 5.41) is 9.35. The van der Waals surface area contributed by atoms with Crippen molar-refractivity contribution in [2.24, 2.45) is 0 Å². The monoisotopic (exact) mass is 484 g/mol. The van der Waals surface area contributed by atoms with Gasteiger partial charge in [0.25, 0.3) is 5.91 Å². The topological polar surface area (TPSA) is 91.4 Å². The number of nitrogens with one attached hydrogen (secondary N) is 3. The van der Waals surface area contributed by atoms with Crippen molar-refractivity contribution in [1.29, 1.82) is 0 Å². The molecule has 0 unspecified atom stereocenters. The van der Waals surface area contributed by atoms with Crippen LogP contribution in [-0.2, 0) is 11.3 Å². The summed E-state index contributed by atoms with van der Waals surface area (Å²) < 4.78 is 32.8. The van der Waals surface area contributed by atoms with Gasteiger partial charge >= 0.3 is 0 Å². The second-order valence-electron chi connectivity index (χ2n) is 8.72. The van der Waals surface area contributed by atoms with Crippen molar-refractivity contribution in [2.75, 3.05) is 49.6 Å². The van der Waals surface area contributed by atoms with Crippen molar-refractivity contribution in [3.05, 3.63) is 59.3 Å². The summed E-state index contributed by atoms with van der Waals surface area (Å²) in [6, 6.07) is 7.08. The Morgan fingerprint density at radius 3 is 2.54 bits per heavy atom. The van der Waals surface area contributed by atoms with Gasteiger partial charge in [0.05, 0.1) is 30.6 Å². The minimum absolute atomic E-state index is 0.149. The van der Waals surface area contributed by atoms with E-state index < -0.39 is 11.6 Å². The SMILES string of the molecule is CC(C)NCCNC(=O)c1cc(NCc2cc(F)cc(F)c2)c2nc(N3CCOCC3)cnc2c1. The lowest BCUT2D eigenvalue weighted by Gasteiger charge is -2.27. The molecule has 8 nitrogen and oxygen atoms in total.